The number of hydrogen-bond donors (Lipinski definition) is 0. The summed E-state index contributed by atoms with van der Waals surface area (Å²) in [7, 11) is 0. The summed E-state index contributed by atoms with van der Waals surface area (Å²) in [6.07, 6.45) is 0. The third kappa shape index (κ3) is 5.53. The molecule has 11 aromatic rings. The lowest BCUT2D eigenvalue weighted by Crippen LogP contribution is -2.32. The summed E-state index contributed by atoms with van der Waals surface area (Å²) in [5, 5.41) is 2.23. The number of nitrogens with zero attached hydrogens (tertiary/aromatic N) is 3. The van der Waals surface area contributed by atoms with E-state index in [1.54, 1.807) is 0 Å². The average molecular weight is 822 g/mol. The Balaban J connectivity index is 0.925. The molecule has 294 valence electrons. The summed E-state index contributed by atoms with van der Waals surface area (Å²) in [4.78, 5) is 17.9. The van der Waals surface area contributed by atoms with Crippen molar-refractivity contribution in [3.05, 3.63) is 235 Å². The van der Waals surface area contributed by atoms with Crippen molar-refractivity contribution in [3.63, 3.8) is 0 Å². The minimum absolute atomic E-state index is 0.445. The Kier molecular flexibility index (Phi) is 8.02. The second-order valence-electron chi connectivity index (χ2n) is 16.3. The molecule has 0 N–H and O–H groups in total. The predicted molar refractivity (Wildman–Crippen MR) is 256 cm³/mol. The van der Waals surface area contributed by atoms with Gasteiger partial charge in [0.15, 0.2) is 17.5 Å². The van der Waals surface area contributed by atoms with Crippen LogP contribution in [0.15, 0.2) is 227 Å². The summed E-state index contributed by atoms with van der Waals surface area (Å²) < 4.78 is 6.38. The standard InChI is InChI=1S/C58H35N3OS/c1-2-14-37(15-3-1)55-59-56(38-30-28-36(29-31-38)42-21-13-22-46-45-20-6-10-26-51(45)62-54(42)46)61-57(60-55)41-17-12-16-39(34-41)40-32-33-53-50(35-40)58(49-25-9-11-27-52(49)63-53)47-23-7-4-18-43(47)44-19-5-8-24-48(44)58/h1-35H. The van der Waals surface area contributed by atoms with Crippen LogP contribution in [0.2, 0.25) is 0 Å². The van der Waals surface area contributed by atoms with Gasteiger partial charge < -0.3 is 4.42 Å². The van der Waals surface area contributed by atoms with E-state index in [4.69, 9.17) is 19.4 Å². The molecule has 0 bridgehead atoms. The minimum Gasteiger partial charge on any atom is -0.455 e. The normalized spacial score (nSPS) is 13.1. The fraction of sp³-hybridized carbons (Fsp3) is 0.0172. The molecule has 0 atom stereocenters. The molecule has 3 heterocycles. The maximum absolute atomic E-state index is 6.38. The van der Waals surface area contributed by atoms with Crippen LogP contribution in [-0.4, -0.2) is 15.0 Å². The van der Waals surface area contributed by atoms with Crippen molar-refractivity contribution in [3.8, 4) is 67.5 Å². The van der Waals surface area contributed by atoms with Gasteiger partial charge in [0, 0.05) is 42.8 Å². The highest BCUT2D eigenvalue weighted by molar-refractivity contribution is 7.99. The Hall–Kier alpha value is -7.86. The van der Waals surface area contributed by atoms with Crippen LogP contribution in [0.5, 0.6) is 0 Å². The van der Waals surface area contributed by atoms with Gasteiger partial charge in [-0.2, -0.15) is 0 Å². The molecule has 0 fully saturated rings. The number of hydrogen-bond acceptors (Lipinski definition) is 5. The largest absolute Gasteiger partial charge is 0.455 e. The first kappa shape index (κ1) is 35.9. The van der Waals surface area contributed by atoms with Gasteiger partial charge in [0.05, 0.1) is 5.41 Å². The van der Waals surface area contributed by atoms with Gasteiger partial charge in [0.25, 0.3) is 0 Å². The maximum atomic E-state index is 6.38. The lowest BCUT2D eigenvalue weighted by molar-refractivity contribution is 0.670. The van der Waals surface area contributed by atoms with E-state index in [1.165, 1.54) is 43.2 Å². The van der Waals surface area contributed by atoms with Gasteiger partial charge in [0.2, 0.25) is 0 Å². The minimum atomic E-state index is -0.445. The molecule has 4 nitrogen and oxygen atoms in total. The van der Waals surface area contributed by atoms with Crippen LogP contribution >= 0.6 is 11.8 Å². The Morgan fingerprint density at radius 3 is 1.62 bits per heavy atom. The van der Waals surface area contributed by atoms with Gasteiger partial charge in [-0.1, -0.05) is 194 Å². The highest BCUT2D eigenvalue weighted by Crippen LogP contribution is 2.62. The summed E-state index contributed by atoms with van der Waals surface area (Å²) in [6, 6.07) is 75.7. The van der Waals surface area contributed by atoms with Crippen LogP contribution in [0.25, 0.3) is 89.5 Å². The van der Waals surface area contributed by atoms with E-state index in [2.05, 4.69) is 182 Å². The van der Waals surface area contributed by atoms with E-state index in [9.17, 15) is 0 Å². The Bertz CT molecular complexity index is 3570. The van der Waals surface area contributed by atoms with Gasteiger partial charge in [-0.15, -0.1) is 0 Å². The molecule has 2 aliphatic rings. The fourth-order valence-electron chi connectivity index (χ4n) is 10.00. The fourth-order valence-corrected chi connectivity index (χ4v) is 11.2. The summed E-state index contributed by atoms with van der Waals surface area (Å²) in [5.41, 5.74) is 16.3. The van der Waals surface area contributed by atoms with E-state index in [1.807, 2.05) is 42.1 Å². The number of para-hydroxylation sites is 2. The predicted octanol–water partition coefficient (Wildman–Crippen LogP) is 14.9. The van der Waals surface area contributed by atoms with Crippen molar-refractivity contribution in [1.82, 2.24) is 15.0 Å². The summed E-state index contributed by atoms with van der Waals surface area (Å²) in [6.45, 7) is 0. The molecule has 0 saturated carbocycles. The topological polar surface area (TPSA) is 51.8 Å². The molecule has 2 aromatic heterocycles. The van der Waals surface area contributed by atoms with Gasteiger partial charge >= 0.3 is 0 Å². The molecule has 1 aliphatic heterocycles. The first-order chi connectivity index (χ1) is 31.2. The number of aromatic nitrogens is 3. The molecular formula is C58H35N3OS. The van der Waals surface area contributed by atoms with Crippen LogP contribution < -0.4 is 0 Å². The SMILES string of the molecule is c1ccc(-c2nc(-c3ccc(-c4cccc5c4oc4ccccc45)cc3)nc(-c3cccc(-c4ccc5c(c4)C4(c6ccccc6S5)c5ccccc5-c5ccccc54)c3)n2)cc1. The highest BCUT2D eigenvalue weighted by atomic mass is 32.2. The lowest BCUT2D eigenvalue weighted by Gasteiger charge is -2.40. The molecule has 63 heavy (non-hydrogen) atoms. The zero-order chi connectivity index (χ0) is 41.5. The van der Waals surface area contributed by atoms with Crippen molar-refractivity contribution in [2.24, 2.45) is 0 Å². The molecule has 5 heteroatoms. The number of furan rings is 1. The lowest BCUT2D eigenvalue weighted by atomic mass is 9.67. The molecular weight excluding hydrogens is 787 g/mol. The molecule has 0 amide bonds. The molecule has 0 unspecified atom stereocenters. The van der Waals surface area contributed by atoms with Crippen LogP contribution in [0.4, 0.5) is 0 Å². The monoisotopic (exact) mass is 821 g/mol. The van der Waals surface area contributed by atoms with E-state index in [0.29, 0.717) is 17.5 Å². The quantitative estimate of drug-likeness (QED) is 0.173. The van der Waals surface area contributed by atoms with E-state index in [-0.39, 0.29) is 0 Å². The third-order valence-electron chi connectivity index (χ3n) is 12.8. The number of rotatable bonds is 5. The van der Waals surface area contributed by atoms with Crippen molar-refractivity contribution >= 4 is 33.7 Å². The van der Waals surface area contributed by atoms with Crippen molar-refractivity contribution in [2.75, 3.05) is 0 Å². The maximum Gasteiger partial charge on any atom is 0.164 e. The number of fused-ring (bicyclic) bond motifs is 12. The zero-order valence-electron chi connectivity index (χ0n) is 33.9. The molecule has 13 rings (SSSR count). The zero-order valence-corrected chi connectivity index (χ0v) is 34.7. The Labute approximate surface area is 368 Å². The Morgan fingerprint density at radius 1 is 0.333 bits per heavy atom. The summed E-state index contributed by atoms with van der Waals surface area (Å²) >= 11 is 1.86. The summed E-state index contributed by atoms with van der Waals surface area (Å²) in [5.74, 6) is 1.86. The van der Waals surface area contributed by atoms with Crippen LogP contribution in [0.1, 0.15) is 22.3 Å². The van der Waals surface area contributed by atoms with Crippen molar-refractivity contribution < 1.29 is 4.42 Å². The smallest absolute Gasteiger partial charge is 0.164 e. The number of benzene rings is 9. The van der Waals surface area contributed by atoms with Gasteiger partial charge in [0.1, 0.15) is 11.2 Å². The van der Waals surface area contributed by atoms with E-state index < -0.39 is 5.41 Å². The highest BCUT2D eigenvalue weighted by Gasteiger charge is 2.50. The molecule has 1 aliphatic carbocycles. The van der Waals surface area contributed by atoms with Crippen LogP contribution in [0.3, 0.4) is 0 Å². The van der Waals surface area contributed by atoms with Gasteiger partial charge in [-0.05, 0) is 80.4 Å². The van der Waals surface area contributed by atoms with Crippen molar-refractivity contribution in [2.45, 2.75) is 15.2 Å². The Morgan fingerprint density at radius 2 is 0.841 bits per heavy atom. The van der Waals surface area contributed by atoms with Gasteiger partial charge in [-0.3, -0.25) is 0 Å². The van der Waals surface area contributed by atoms with Crippen LogP contribution in [0, 0.1) is 0 Å². The first-order valence-electron chi connectivity index (χ1n) is 21.3. The molecule has 0 radical (unpaired) electrons. The molecule has 9 aromatic carbocycles. The second-order valence-corrected chi connectivity index (χ2v) is 17.3. The van der Waals surface area contributed by atoms with Crippen molar-refractivity contribution in [1.29, 1.82) is 0 Å². The third-order valence-corrected chi connectivity index (χ3v) is 14.0. The van der Waals surface area contributed by atoms with Gasteiger partial charge in [-0.25, -0.2) is 15.0 Å². The first-order valence-corrected chi connectivity index (χ1v) is 22.1. The van der Waals surface area contributed by atoms with Crippen LogP contribution in [-0.2, 0) is 5.41 Å². The van der Waals surface area contributed by atoms with E-state index >= 15 is 0 Å². The van der Waals surface area contributed by atoms with E-state index in [0.717, 1.165) is 60.9 Å². The second kappa shape index (κ2) is 14.1. The average Bonchev–Trinajstić information content (AvgIpc) is 3.88. The molecule has 1 spiro atoms. The molecule has 0 saturated heterocycles.